The Morgan fingerprint density at radius 2 is 1.68 bits per heavy atom. The molecule has 3 heterocycles. The smallest absolute Gasteiger partial charge is 0.174 e. The molecule has 0 radical (unpaired) electrons. The molecule has 2 fully saturated rings. The lowest BCUT2D eigenvalue weighted by molar-refractivity contribution is 0.0315. The molecule has 0 aliphatic carbocycles. The summed E-state index contributed by atoms with van der Waals surface area (Å²) in [6, 6.07) is 4.11. The van der Waals surface area contributed by atoms with Gasteiger partial charge in [0.05, 0.1) is 13.2 Å². The minimum atomic E-state index is 0.783. The molecule has 2 saturated heterocycles. The van der Waals surface area contributed by atoms with E-state index in [1.165, 1.54) is 5.56 Å². The first kappa shape index (κ1) is 18.5. The van der Waals surface area contributed by atoms with Crippen LogP contribution in [0.5, 0.6) is 0 Å². The number of nitrogens with one attached hydrogen (secondary N) is 1. The Bertz CT molecular complexity index is 563. The number of rotatable bonds is 4. The van der Waals surface area contributed by atoms with Crippen molar-refractivity contribution in [1.29, 1.82) is 0 Å². The van der Waals surface area contributed by atoms with Crippen molar-refractivity contribution in [3.8, 4) is 0 Å². The van der Waals surface area contributed by atoms with Crippen molar-refractivity contribution in [3.63, 3.8) is 0 Å². The third-order valence-corrected chi connectivity index (χ3v) is 5.19. The molecule has 3 rings (SSSR count). The maximum Gasteiger partial charge on any atom is 0.174 e. The fourth-order valence-corrected chi connectivity index (χ4v) is 3.66. The first-order chi connectivity index (χ1) is 12.1. The van der Waals surface area contributed by atoms with Crippen LogP contribution in [0.3, 0.4) is 0 Å². The molecule has 1 aromatic rings. The highest BCUT2D eigenvalue weighted by Crippen LogP contribution is 2.11. The second-order valence-corrected chi connectivity index (χ2v) is 7.27. The predicted molar refractivity (Wildman–Crippen MR) is 105 cm³/mol. The summed E-state index contributed by atoms with van der Waals surface area (Å²) in [5.74, 6) is 0.845. The summed E-state index contributed by atoms with van der Waals surface area (Å²) in [4.78, 5) is 11.8. The number of thiocarbonyl (C=S) groups is 1. The maximum absolute atomic E-state index is 5.58. The molecule has 0 atom stereocenters. The molecule has 0 amide bonds. The highest BCUT2D eigenvalue weighted by Gasteiger charge is 2.20. The van der Waals surface area contributed by atoms with E-state index in [1.807, 2.05) is 13.0 Å². The van der Waals surface area contributed by atoms with Crippen LogP contribution in [-0.2, 0) is 4.74 Å². The highest BCUT2D eigenvalue weighted by molar-refractivity contribution is 7.80. The summed E-state index contributed by atoms with van der Waals surface area (Å²) in [6.07, 6.45) is 0. The highest BCUT2D eigenvalue weighted by atomic mass is 32.1. The van der Waals surface area contributed by atoms with Gasteiger partial charge in [-0.3, -0.25) is 9.80 Å². The summed E-state index contributed by atoms with van der Waals surface area (Å²) in [5.41, 5.74) is 2.21. The van der Waals surface area contributed by atoms with Gasteiger partial charge < -0.3 is 15.0 Å². The van der Waals surface area contributed by atoms with Gasteiger partial charge in [-0.05, 0) is 43.8 Å². The largest absolute Gasteiger partial charge is 0.379 e. The van der Waals surface area contributed by atoms with Gasteiger partial charge in [0.2, 0.25) is 0 Å². The van der Waals surface area contributed by atoms with E-state index in [9.17, 15) is 0 Å². The molecule has 0 saturated carbocycles. The second-order valence-electron chi connectivity index (χ2n) is 6.88. The van der Waals surface area contributed by atoms with Crippen molar-refractivity contribution in [3.05, 3.63) is 23.4 Å². The molecule has 2 aliphatic heterocycles. The predicted octanol–water partition coefficient (Wildman–Crippen LogP) is 1.35. The average molecular weight is 364 g/mol. The monoisotopic (exact) mass is 363 g/mol. The Kier molecular flexibility index (Phi) is 6.58. The topological polar surface area (TPSA) is 43.9 Å². The first-order valence-corrected chi connectivity index (χ1v) is 9.55. The Morgan fingerprint density at radius 3 is 2.32 bits per heavy atom. The van der Waals surface area contributed by atoms with E-state index >= 15 is 0 Å². The average Bonchev–Trinajstić information content (AvgIpc) is 2.60. The Hall–Kier alpha value is -1.28. The van der Waals surface area contributed by atoms with Crippen LogP contribution >= 0.6 is 12.2 Å². The molecule has 6 nitrogen and oxygen atoms in total. The fourth-order valence-electron chi connectivity index (χ4n) is 3.38. The van der Waals surface area contributed by atoms with Crippen molar-refractivity contribution >= 4 is 23.1 Å². The van der Waals surface area contributed by atoms with Crippen LogP contribution in [-0.4, -0.2) is 90.4 Å². The summed E-state index contributed by atoms with van der Waals surface area (Å²) < 4.78 is 5.41. The summed E-state index contributed by atoms with van der Waals surface area (Å²) in [7, 11) is 0. The zero-order valence-electron chi connectivity index (χ0n) is 15.3. The zero-order valence-corrected chi connectivity index (χ0v) is 16.1. The number of anilines is 1. The van der Waals surface area contributed by atoms with Gasteiger partial charge in [-0.25, -0.2) is 4.98 Å². The molecule has 1 aromatic heterocycles. The van der Waals surface area contributed by atoms with Gasteiger partial charge >= 0.3 is 0 Å². The minimum absolute atomic E-state index is 0.783. The Labute approximate surface area is 156 Å². The molecule has 138 valence electrons. The molecular weight excluding hydrogens is 334 g/mol. The number of pyridine rings is 1. The van der Waals surface area contributed by atoms with Gasteiger partial charge in [-0.15, -0.1) is 0 Å². The minimum Gasteiger partial charge on any atom is -0.379 e. The van der Waals surface area contributed by atoms with Gasteiger partial charge in [0.1, 0.15) is 5.82 Å². The SMILES string of the molecule is Cc1cc(C)nc(NC(=S)N2CCN(CCN3CCOCC3)CC2)c1. The number of aromatic nitrogens is 1. The normalized spacial score (nSPS) is 19.8. The summed E-state index contributed by atoms with van der Waals surface area (Å²) >= 11 is 5.58. The van der Waals surface area contributed by atoms with Crippen molar-refractivity contribution in [2.75, 3.05) is 70.9 Å². The van der Waals surface area contributed by atoms with Gasteiger partial charge in [0, 0.05) is 58.1 Å². The van der Waals surface area contributed by atoms with E-state index in [1.54, 1.807) is 0 Å². The van der Waals surface area contributed by atoms with E-state index in [-0.39, 0.29) is 0 Å². The quantitative estimate of drug-likeness (QED) is 0.810. The van der Waals surface area contributed by atoms with Crippen LogP contribution in [0.2, 0.25) is 0 Å². The molecule has 0 spiro atoms. The number of aryl methyl sites for hydroxylation is 2. The molecule has 25 heavy (non-hydrogen) atoms. The van der Waals surface area contributed by atoms with E-state index in [0.29, 0.717) is 0 Å². The van der Waals surface area contributed by atoms with Gasteiger partial charge in [-0.1, -0.05) is 0 Å². The maximum atomic E-state index is 5.58. The van der Waals surface area contributed by atoms with Crippen LogP contribution in [0.15, 0.2) is 12.1 Å². The van der Waals surface area contributed by atoms with Crippen molar-refractivity contribution in [1.82, 2.24) is 19.7 Å². The summed E-state index contributed by atoms with van der Waals surface area (Å²) in [6.45, 7) is 14.3. The number of hydrogen-bond acceptors (Lipinski definition) is 5. The van der Waals surface area contributed by atoms with Crippen LogP contribution < -0.4 is 5.32 Å². The number of piperazine rings is 1. The van der Waals surface area contributed by atoms with Crippen LogP contribution in [0.1, 0.15) is 11.3 Å². The Balaban J connectivity index is 1.41. The summed E-state index contributed by atoms with van der Waals surface area (Å²) in [5, 5.41) is 4.08. The van der Waals surface area contributed by atoms with Crippen molar-refractivity contribution < 1.29 is 4.74 Å². The van der Waals surface area contributed by atoms with Crippen LogP contribution in [0, 0.1) is 13.8 Å². The molecule has 0 unspecified atom stereocenters. The molecular formula is C18H29N5OS. The van der Waals surface area contributed by atoms with E-state index in [2.05, 4.69) is 38.0 Å². The standard InChI is InChI=1S/C18H29N5OS/c1-15-13-16(2)19-17(14-15)20-18(25)23-7-5-21(6-8-23)3-4-22-9-11-24-12-10-22/h13-14H,3-12H2,1-2H3,(H,19,20,25). The molecule has 0 aromatic carbocycles. The van der Waals surface area contributed by atoms with Crippen LogP contribution in [0.4, 0.5) is 5.82 Å². The molecule has 0 bridgehead atoms. The van der Waals surface area contributed by atoms with Gasteiger partial charge in [0.15, 0.2) is 5.11 Å². The second kappa shape index (κ2) is 8.89. The third-order valence-electron chi connectivity index (χ3n) is 4.83. The molecule has 1 N–H and O–H groups in total. The lowest BCUT2D eigenvalue weighted by Gasteiger charge is -2.37. The van der Waals surface area contributed by atoms with Crippen molar-refractivity contribution in [2.45, 2.75) is 13.8 Å². The fraction of sp³-hybridized carbons (Fsp3) is 0.667. The van der Waals surface area contributed by atoms with Gasteiger partial charge in [-0.2, -0.15) is 0 Å². The first-order valence-electron chi connectivity index (χ1n) is 9.14. The molecule has 2 aliphatic rings. The number of morpholine rings is 1. The van der Waals surface area contributed by atoms with Gasteiger partial charge in [0.25, 0.3) is 0 Å². The molecule has 7 heteroatoms. The number of nitrogens with zero attached hydrogens (tertiary/aromatic N) is 4. The number of ether oxygens (including phenoxy) is 1. The van der Waals surface area contributed by atoms with Crippen LogP contribution in [0.25, 0.3) is 0 Å². The van der Waals surface area contributed by atoms with E-state index in [0.717, 1.165) is 82.2 Å². The lowest BCUT2D eigenvalue weighted by Crippen LogP contribution is -2.51. The third kappa shape index (κ3) is 5.60. The Morgan fingerprint density at radius 1 is 1.04 bits per heavy atom. The lowest BCUT2D eigenvalue weighted by atomic mass is 10.2. The number of hydrogen-bond donors (Lipinski definition) is 1. The zero-order chi connectivity index (χ0) is 17.6. The van der Waals surface area contributed by atoms with Crippen molar-refractivity contribution in [2.24, 2.45) is 0 Å². The van der Waals surface area contributed by atoms with E-state index < -0.39 is 0 Å². The van der Waals surface area contributed by atoms with E-state index in [4.69, 9.17) is 17.0 Å².